The molecule has 5 atom stereocenters. The van der Waals surface area contributed by atoms with Gasteiger partial charge >= 0.3 is 7.82 Å². The van der Waals surface area contributed by atoms with Crippen molar-refractivity contribution in [3.63, 3.8) is 0 Å². The molecule has 1 aliphatic heterocycles. The molecule has 1 aliphatic rings. The Labute approximate surface area is 170 Å². The van der Waals surface area contributed by atoms with Crippen LogP contribution in [-0.2, 0) is 23.1 Å². The number of rotatable bonds is 9. The first-order chi connectivity index (χ1) is 14.1. The molecule has 15 heteroatoms. The van der Waals surface area contributed by atoms with Crippen LogP contribution in [0.5, 0.6) is 0 Å². The van der Waals surface area contributed by atoms with E-state index in [0.29, 0.717) is 11.3 Å². The van der Waals surface area contributed by atoms with Gasteiger partial charge in [0.05, 0.1) is 26.1 Å². The zero-order valence-electron chi connectivity index (χ0n) is 16.6. The zero-order valence-corrected chi connectivity index (χ0v) is 17.5. The number of hydrogen-bond acceptors (Lipinski definition) is 11. The van der Waals surface area contributed by atoms with Gasteiger partial charge in [0.1, 0.15) is 12.2 Å². The lowest BCUT2D eigenvalue weighted by Gasteiger charge is -2.24. The van der Waals surface area contributed by atoms with Crippen molar-refractivity contribution >= 4 is 30.8 Å². The molecule has 168 valence electrons. The smallest absolute Gasteiger partial charge is 0.387 e. The van der Waals surface area contributed by atoms with Gasteiger partial charge in [-0.05, 0) is 6.92 Å². The minimum Gasteiger partial charge on any atom is -0.387 e. The monoisotopic (exact) mass is 450 g/mol. The van der Waals surface area contributed by atoms with Crippen LogP contribution in [0.4, 0.5) is 16.2 Å². The summed E-state index contributed by atoms with van der Waals surface area (Å²) in [6.07, 6.45) is -3.03. The van der Waals surface area contributed by atoms with Crippen LogP contribution in [0, 0.1) is 0 Å². The average molecular weight is 450 g/mol. The van der Waals surface area contributed by atoms with Crippen LogP contribution in [0.2, 0.25) is 0 Å². The quantitative estimate of drug-likeness (QED) is 0.302. The maximum Gasteiger partial charge on any atom is 0.472 e. The molecular formula is C15H24FN6O7P. The number of aliphatic hydroxyl groups excluding tert-OH is 1. The maximum absolute atomic E-state index is 15.4. The molecule has 1 fully saturated rings. The summed E-state index contributed by atoms with van der Waals surface area (Å²) in [5, 5.41) is 13.2. The van der Waals surface area contributed by atoms with Crippen LogP contribution >= 0.6 is 7.82 Å². The highest BCUT2D eigenvalue weighted by atomic mass is 31.2. The lowest BCUT2D eigenvalue weighted by Crippen LogP contribution is -2.40. The number of anilines is 2. The third-order valence-corrected chi connectivity index (χ3v) is 5.57. The van der Waals surface area contributed by atoms with Crippen LogP contribution in [-0.4, -0.2) is 81.4 Å². The Bertz CT molecular complexity index is 944. The Morgan fingerprint density at radius 3 is 2.83 bits per heavy atom. The molecule has 0 bridgehead atoms. The first-order valence-electron chi connectivity index (χ1n) is 8.91. The number of phosphoric ester groups is 1. The number of nitrogens with one attached hydrogen (secondary N) is 1. The molecular weight excluding hydrogens is 426 g/mol. The number of nitrogens with two attached hydrogens (primary N) is 1. The molecule has 1 saturated heterocycles. The van der Waals surface area contributed by atoms with E-state index in [-0.39, 0.29) is 24.8 Å². The molecule has 2 aromatic rings. The van der Waals surface area contributed by atoms with E-state index in [2.05, 4.69) is 20.3 Å². The molecule has 13 nitrogen and oxygen atoms in total. The molecule has 1 unspecified atom stereocenters. The zero-order chi connectivity index (χ0) is 22.1. The molecule has 2 aromatic heterocycles. The van der Waals surface area contributed by atoms with E-state index in [1.807, 2.05) is 0 Å². The van der Waals surface area contributed by atoms with Crippen molar-refractivity contribution in [3.05, 3.63) is 6.33 Å². The number of aromatic nitrogens is 4. The van der Waals surface area contributed by atoms with E-state index in [9.17, 15) is 14.6 Å². The number of hydrogen-bond donors (Lipinski definition) is 4. The first kappa shape index (κ1) is 22.7. The Morgan fingerprint density at radius 1 is 1.43 bits per heavy atom. The van der Waals surface area contributed by atoms with Crippen LogP contribution in [0.3, 0.4) is 0 Å². The number of nitrogens with zero attached hydrogens (tertiary/aromatic N) is 4. The molecule has 30 heavy (non-hydrogen) atoms. The molecule has 0 radical (unpaired) electrons. The fourth-order valence-electron chi connectivity index (χ4n) is 3.07. The molecule has 0 saturated carbocycles. The fourth-order valence-corrected chi connectivity index (χ4v) is 3.79. The van der Waals surface area contributed by atoms with Crippen LogP contribution in [0.25, 0.3) is 11.2 Å². The normalized spacial score (nSPS) is 28.7. The van der Waals surface area contributed by atoms with E-state index >= 15 is 4.39 Å². The summed E-state index contributed by atoms with van der Waals surface area (Å²) in [5.41, 5.74) is 3.91. The Balaban J connectivity index is 1.80. The lowest BCUT2D eigenvalue weighted by molar-refractivity contribution is -0.0570. The Kier molecular flexibility index (Phi) is 6.57. The first-order valence-corrected chi connectivity index (χ1v) is 10.4. The lowest BCUT2D eigenvalue weighted by atomic mass is 9.98. The van der Waals surface area contributed by atoms with Crippen molar-refractivity contribution in [2.24, 2.45) is 0 Å². The van der Waals surface area contributed by atoms with Gasteiger partial charge in [0.15, 0.2) is 28.9 Å². The van der Waals surface area contributed by atoms with Crippen LogP contribution in [0.1, 0.15) is 13.2 Å². The molecule has 0 aliphatic carbocycles. The Hall–Kier alpha value is -1.93. The summed E-state index contributed by atoms with van der Waals surface area (Å²) in [6.45, 7) is 0.431. The van der Waals surface area contributed by atoms with Gasteiger partial charge in [0.25, 0.3) is 0 Å². The summed E-state index contributed by atoms with van der Waals surface area (Å²) >= 11 is 0. The third kappa shape index (κ3) is 4.39. The summed E-state index contributed by atoms with van der Waals surface area (Å²) in [4.78, 5) is 21.9. The maximum atomic E-state index is 15.4. The summed E-state index contributed by atoms with van der Waals surface area (Å²) < 4.78 is 48.4. The second-order valence-electron chi connectivity index (χ2n) is 6.72. The highest BCUT2D eigenvalue weighted by molar-refractivity contribution is 7.47. The largest absolute Gasteiger partial charge is 0.472 e. The number of imidazole rings is 1. The second-order valence-corrected chi connectivity index (χ2v) is 8.17. The van der Waals surface area contributed by atoms with E-state index in [0.717, 1.165) is 6.92 Å². The van der Waals surface area contributed by atoms with Crippen molar-refractivity contribution < 1.29 is 37.5 Å². The van der Waals surface area contributed by atoms with Crippen LogP contribution in [0.15, 0.2) is 6.33 Å². The molecule has 0 amide bonds. The van der Waals surface area contributed by atoms with Gasteiger partial charge in [-0.25, -0.2) is 13.9 Å². The second kappa shape index (κ2) is 8.67. The highest BCUT2D eigenvalue weighted by Crippen LogP contribution is 2.47. The molecule has 3 heterocycles. The van der Waals surface area contributed by atoms with E-state index < -0.39 is 38.5 Å². The van der Waals surface area contributed by atoms with Gasteiger partial charge in [-0.2, -0.15) is 9.97 Å². The number of aliphatic hydroxyl groups is 1. The van der Waals surface area contributed by atoms with E-state index in [1.165, 1.54) is 18.0 Å². The highest BCUT2D eigenvalue weighted by Gasteiger charge is 2.55. The van der Waals surface area contributed by atoms with E-state index in [4.69, 9.17) is 24.3 Å². The number of ether oxygens (including phenoxy) is 2. The summed E-state index contributed by atoms with van der Waals surface area (Å²) in [7, 11) is -1.42. The van der Waals surface area contributed by atoms with Gasteiger partial charge in [-0.1, -0.05) is 0 Å². The minimum atomic E-state index is -4.44. The molecule has 5 N–H and O–H groups in total. The predicted molar refractivity (Wildman–Crippen MR) is 102 cm³/mol. The average Bonchev–Trinajstić information content (AvgIpc) is 3.19. The number of alkyl halides is 1. The number of phosphoric acid groups is 1. The minimum absolute atomic E-state index is 0.0676. The predicted octanol–water partition coefficient (Wildman–Crippen LogP) is 0.217. The number of fused-ring (bicyclic) bond motifs is 1. The van der Waals surface area contributed by atoms with Crippen molar-refractivity contribution in [2.45, 2.75) is 31.0 Å². The molecule has 0 aromatic carbocycles. The van der Waals surface area contributed by atoms with Gasteiger partial charge in [-0.3, -0.25) is 13.6 Å². The third-order valence-electron chi connectivity index (χ3n) is 4.59. The van der Waals surface area contributed by atoms with Crippen molar-refractivity contribution in [2.75, 3.05) is 45.0 Å². The van der Waals surface area contributed by atoms with Crippen molar-refractivity contribution in [1.29, 1.82) is 0 Å². The summed E-state index contributed by atoms with van der Waals surface area (Å²) in [5.74, 6) is 0.270. The summed E-state index contributed by atoms with van der Waals surface area (Å²) in [6, 6.07) is 0. The number of methoxy groups -OCH3 is 1. The molecule has 3 rings (SSSR count). The van der Waals surface area contributed by atoms with Gasteiger partial charge in [0.2, 0.25) is 5.95 Å². The Morgan fingerprint density at radius 2 is 2.17 bits per heavy atom. The van der Waals surface area contributed by atoms with Gasteiger partial charge in [0, 0.05) is 14.2 Å². The topological polar surface area (TPSA) is 176 Å². The molecule has 0 spiro atoms. The van der Waals surface area contributed by atoms with Crippen molar-refractivity contribution in [3.8, 4) is 0 Å². The SMILES string of the molecule is CNc1nc(N)nc2c1ncn2[C@@H]1O[C@H](COP(=O)(O)OCCOC)[C@@H](O)[C@@]1(C)F. The van der Waals surface area contributed by atoms with E-state index in [1.54, 1.807) is 7.05 Å². The van der Waals surface area contributed by atoms with Crippen LogP contribution < -0.4 is 11.1 Å². The van der Waals surface area contributed by atoms with Crippen molar-refractivity contribution in [1.82, 2.24) is 19.5 Å². The fraction of sp³-hybridized carbons (Fsp3) is 0.667. The number of halogens is 1. The standard InChI is InChI=1S/C15H24FN6O7P/c1-15(16)10(23)8(6-28-30(24,25)27-5-4-26-3)29-13(15)22-7-19-9-11(18-2)20-14(17)21-12(9)22/h7-8,10,13,23H,4-6H2,1-3H3,(H,24,25)(H3,17,18,20,21)/t8-,10-,13-,15-/m1/s1. The van der Waals surface area contributed by atoms with Gasteiger partial charge < -0.3 is 30.5 Å². The number of nitrogen functional groups attached to an aromatic ring is 1. The van der Waals surface area contributed by atoms with Gasteiger partial charge in [-0.15, -0.1) is 0 Å².